The second kappa shape index (κ2) is 3.08. The van der Waals surface area contributed by atoms with Gasteiger partial charge in [0, 0.05) is 5.92 Å². The monoisotopic (exact) mass is 147 g/mol. The summed E-state index contributed by atoms with van der Waals surface area (Å²) >= 11 is 0. The molecule has 59 valence electrons. The molecule has 0 saturated heterocycles. The highest BCUT2D eigenvalue weighted by atomic mass is 14.1. The molecule has 0 aromatic heterocycles. The molecule has 0 aliphatic heterocycles. The maximum atomic E-state index is 2.18. The van der Waals surface area contributed by atoms with E-state index < -0.39 is 0 Å². The summed E-state index contributed by atoms with van der Waals surface area (Å²) in [6, 6.07) is 0. The summed E-state index contributed by atoms with van der Waals surface area (Å²) in [4.78, 5) is 0. The van der Waals surface area contributed by atoms with Crippen LogP contribution in [0, 0.1) is 5.92 Å². The van der Waals surface area contributed by atoms with Crippen LogP contribution in [0.2, 0.25) is 0 Å². The Labute approximate surface area is 69.3 Å². The second-order valence-electron chi connectivity index (χ2n) is 3.14. The lowest BCUT2D eigenvalue weighted by Gasteiger charge is -2.09. The minimum atomic E-state index is 1.37. The molecule has 0 spiro atoms. The van der Waals surface area contributed by atoms with Gasteiger partial charge in [0.1, 0.15) is 0 Å². The zero-order valence-electron chi connectivity index (χ0n) is 7.73. The van der Waals surface area contributed by atoms with Crippen LogP contribution in [0.25, 0.3) is 0 Å². The van der Waals surface area contributed by atoms with E-state index in [0.717, 1.165) is 0 Å². The molecule has 0 aromatic rings. The first kappa shape index (κ1) is 8.32. The van der Waals surface area contributed by atoms with Crippen molar-refractivity contribution in [1.82, 2.24) is 0 Å². The molecule has 1 rings (SSSR count). The lowest BCUT2D eigenvalue weighted by Crippen LogP contribution is -1.91. The van der Waals surface area contributed by atoms with E-state index >= 15 is 0 Å². The summed E-state index contributed by atoms with van der Waals surface area (Å²) in [6.45, 7) is 8.67. The van der Waals surface area contributed by atoms with E-state index in [1.54, 1.807) is 0 Å². The van der Waals surface area contributed by atoms with Gasteiger partial charge in [0.2, 0.25) is 0 Å². The third-order valence-corrected chi connectivity index (χ3v) is 2.44. The van der Waals surface area contributed by atoms with E-state index in [0.29, 0.717) is 0 Å². The fraction of sp³-hybridized carbons (Fsp3) is 0.364. The average molecular weight is 147 g/mol. The van der Waals surface area contributed by atoms with E-state index in [1.165, 1.54) is 22.6 Å². The van der Waals surface area contributed by atoms with Gasteiger partial charge in [0.25, 0.3) is 0 Å². The Morgan fingerprint density at radius 1 is 0.909 bits per heavy atom. The third-order valence-electron chi connectivity index (χ3n) is 2.44. The van der Waals surface area contributed by atoms with Crippen molar-refractivity contribution in [2.75, 3.05) is 0 Å². The molecule has 1 aliphatic rings. The van der Waals surface area contributed by atoms with E-state index in [2.05, 4.69) is 45.9 Å². The molecule has 11 heavy (non-hydrogen) atoms. The fourth-order valence-corrected chi connectivity index (χ4v) is 1.18. The average Bonchev–Trinajstić information content (AvgIpc) is 2.07. The van der Waals surface area contributed by atoms with E-state index in [-0.39, 0.29) is 0 Å². The summed E-state index contributed by atoms with van der Waals surface area (Å²) in [5.74, 6) is 1.37. The number of allylic oxidation sites excluding steroid dienone is 6. The summed E-state index contributed by atoms with van der Waals surface area (Å²) in [5.41, 5.74) is 4.19. The van der Waals surface area contributed by atoms with Crippen LogP contribution in [0.3, 0.4) is 0 Å². The first-order chi connectivity index (χ1) is 5.13. The first-order valence-electron chi connectivity index (χ1n) is 3.99. The van der Waals surface area contributed by atoms with Gasteiger partial charge in [-0.2, -0.15) is 0 Å². The smallest absolute Gasteiger partial charge is 0.0194 e. The van der Waals surface area contributed by atoms with Gasteiger partial charge in [-0.05, 0) is 31.9 Å². The molecule has 0 saturated carbocycles. The second-order valence-corrected chi connectivity index (χ2v) is 3.14. The lowest BCUT2D eigenvalue weighted by atomic mass is 9.96. The van der Waals surface area contributed by atoms with Crippen molar-refractivity contribution in [3.8, 4) is 0 Å². The van der Waals surface area contributed by atoms with Crippen LogP contribution in [0.5, 0.6) is 0 Å². The zero-order chi connectivity index (χ0) is 8.43. The highest BCUT2D eigenvalue weighted by Crippen LogP contribution is 2.25. The van der Waals surface area contributed by atoms with E-state index in [4.69, 9.17) is 0 Å². The Bertz CT molecular complexity index is 239. The first-order valence-corrected chi connectivity index (χ1v) is 3.99. The minimum Gasteiger partial charge on any atom is -0.0734 e. The summed E-state index contributed by atoms with van der Waals surface area (Å²) in [7, 11) is 0. The molecule has 0 amide bonds. The normalized spacial score (nSPS) is 20.2. The summed E-state index contributed by atoms with van der Waals surface area (Å²) in [5, 5.41) is 0. The van der Waals surface area contributed by atoms with Crippen LogP contribution in [0.4, 0.5) is 0 Å². The van der Waals surface area contributed by atoms with Crippen molar-refractivity contribution in [3.63, 3.8) is 0 Å². The maximum Gasteiger partial charge on any atom is 0.0194 e. The van der Waals surface area contributed by atoms with Gasteiger partial charge in [0.15, 0.2) is 0 Å². The SMILES string of the molecule is C[C]1C=CC=C(C)C(C)=C1C. The zero-order valence-corrected chi connectivity index (χ0v) is 7.73. The lowest BCUT2D eigenvalue weighted by molar-refractivity contribution is 1.15. The number of hydrogen-bond donors (Lipinski definition) is 0. The molecule has 0 N–H and O–H groups in total. The quantitative estimate of drug-likeness (QED) is 0.492. The number of hydrogen-bond acceptors (Lipinski definition) is 0. The molecule has 0 heteroatoms. The predicted octanol–water partition coefficient (Wildman–Crippen LogP) is 3.43. The molecular weight excluding hydrogens is 132 g/mol. The summed E-state index contributed by atoms with van der Waals surface area (Å²) in [6.07, 6.45) is 6.44. The van der Waals surface area contributed by atoms with Crippen molar-refractivity contribution >= 4 is 0 Å². The highest BCUT2D eigenvalue weighted by Gasteiger charge is 2.07. The van der Waals surface area contributed by atoms with Crippen LogP contribution in [0.15, 0.2) is 34.9 Å². The Kier molecular flexibility index (Phi) is 2.33. The van der Waals surface area contributed by atoms with Crippen LogP contribution in [-0.2, 0) is 0 Å². The molecule has 0 heterocycles. The molecule has 0 fully saturated rings. The van der Waals surface area contributed by atoms with Crippen molar-refractivity contribution < 1.29 is 0 Å². The maximum absolute atomic E-state index is 2.18. The van der Waals surface area contributed by atoms with Crippen molar-refractivity contribution in [3.05, 3.63) is 40.9 Å². The van der Waals surface area contributed by atoms with Crippen molar-refractivity contribution in [1.29, 1.82) is 0 Å². The van der Waals surface area contributed by atoms with E-state index in [1.807, 2.05) is 0 Å². The Hall–Kier alpha value is -0.780. The van der Waals surface area contributed by atoms with Crippen LogP contribution in [0.1, 0.15) is 27.7 Å². The van der Waals surface area contributed by atoms with Crippen LogP contribution < -0.4 is 0 Å². The molecule has 0 atom stereocenters. The largest absolute Gasteiger partial charge is 0.0734 e. The third kappa shape index (κ3) is 1.62. The van der Waals surface area contributed by atoms with Crippen molar-refractivity contribution in [2.45, 2.75) is 27.7 Å². The number of rotatable bonds is 0. The van der Waals surface area contributed by atoms with Crippen molar-refractivity contribution in [2.24, 2.45) is 0 Å². The molecular formula is C11H15. The van der Waals surface area contributed by atoms with E-state index in [9.17, 15) is 0 Å². The topological polar surface area (TPSA) is 0 Å². The minimum absolute atomic E-state index is 1.37. The van der Waals surface area contributed by atoms with Gasteiger partial charge in [0.05, 0.1) is 0 Å². The molecule has 0 bridgehead atoms. The molecule has 0 unspecified atom stereocenters. The molecule has 1 radical (unpaired) electrons. The van der Waals surface area contributed by atoms with Gasteiger partial charge in [-0.1, -0.05) is 30.7 Å². The molecule has 1 aliphatic carbocycles. The van der Waals surface area contributed by atoms with Gasteiger partial charge in [-0.25, -0.2) is 0 Å². The van der Waals surface area contributed by atoms with Gasteiger partial charge in [-0.3, -0.25) is 0 Å². The molecule has 0 nitrogen and oxygen atoms in total. The molecule has 0 aromatic carbocycles. The predicted molar refractivity (Wildman–Crippen MR) is 50.2 cm³/mol. The Morgan fingerprint density at radius 2 is 1.55 bits per heavy atom. The fourth-order valence-electron chi connectivity index (χ4n) is 1.18. The van der Waals surface area contributed by atoms with Crippen LogP contribution in [-0.4, -0.2) is 0 Å². The van der Waals surface area contributed by atoms with Gasteiger partial charge in [-0.15, -0.1) is 0 Å². The standard InChI is InChI=1S/C11H15/c1-8-6-5-7-9(2)11(4)10(8)3/h5-7H,1-4H3. The van der Waals surface area contributed by atoms with Crippen LogP contribution >= 0.6 is 0 Å². The highest BCUT2D eigenvalue weighted by molar-refractivity contribution is 5.46. The Balaban J connectivity index is 3.08. The Morgan fingerprint density at radius 3 is 2.18 bits per heavy atom. The van der Waals surface area contributed by atoms with Gasteiger partial charge >= 0.3 is 0 Å². The van der Waals surface area contributed by atoms with Gasteiger partial charge < -0.3 is 0 Å². The summed E-state index contributed by atoms with van der Waals surface area (Å²) < 4.78 is 0.